The molecule has 32 heavy (non-hydrogen) atoms. The zero-order chi connectivity index (χ0) is 22.4. The molecule has 2 atom stereocenters. The molecule has 1 N–H and O–H groups in total. The van der Waals surface area contributed by atoms with E-state index in [0.717, 1.165) is 43.4 Å². The van der Waals surface area contributed by atoms with Crippen molar-refractivity contribution in [2.45, 2.75) is 44.2 Å². The average molecular weight is 441 g/mol. The molecule has 0 spiro atoms. The van der Waals surface area contributed by atoms with Crippen molar-refractivity contribution >= 4 is 16.9 Å². The highest BCUT2D eigenvalue weighted by Crippen LogP contribution is 2.36. The molecule has 1 aromatic carbocycles. The van der Waals surface area contributed by atoms with E-state index in [1.165, 1.54) is 12.1 Å². The summed E-state index contributed by atoms with van der Waals surface area (Å²) in [6.07, 6.45) is 3.72. The molecule has 3 aromatic rings. The Morgan fingerprint density at radius 3 is 2.78 bits per heavy atom. The van der Waals surface area contributed by atoms with E-state index in [-0.39, 0.29) is 23.7 Å². The van der Waals surface area contributed by atoms with Crippen molar-refractivity contribution in [1.82, 2.24) is 19.5 Å². The number of hydrogen-bond donors (Lipinski definition) is 1. The molecular formula is C24H29FN4O3. The Morgan fingerprint density at radius 2 is 2.03 bits per heavy atom. The molecule has 2 aliphatic heterocycles. The lowest BCUT2D eigenvalue weighted by molar-refractivity contribution is 0.0161. The molecule has 2 aliphatic rings. The van der Waals surface area contributed by atoms with Crippen molar-refractivity contribution in [3.05, 3.63) is 53.2 Å². The van der Waals surface area contributed by atoms with Gasteiger partial charge in [0.2, 0.25) is 0 Å². The van der Waals surface area contributed by atoms with Gasteiger partial charge in [0.15, 0.2) is 5.58 Å². The van der Waals surface area contributed by atoms with E-state index in [1.54, 1.807) is 6.07 Å². The molecule has 0 bridgehead atoms. The number of rotatable bonds is 4. The summed E-state index contributed by atoms with van der Waals surface area (Å²) in [4.78, 5) is 17.3. The van der Waals surface area contributed by atoms with Crippen LogP contribution in [0.4, 0.5) is 4.39 Å². The van der Waals surface area contributed by atoms with Gasteiger partial charge < -0.3 is 19.1 Å². The van der Waals surface area contributed by atoms with Crippen molar-refractivity contribution in [3.63, 3.8) is 0 Å². The fraction of sp³-hybridized carbons (Fsp3) is 0.500. The SMILES string of the molecule is CCCN1CC(N2CCC(c3noc4cc(F)ccc34)CC2)C(O)c2c(ccn2C)C1=O. The van der Waals surface area contributed by atoms with E-state index in [2.05, 4.69) is 17.0 Å². The van der Waals surface area contributed by atoms with E-state index >= 15 is 0 Å². The summed E-state index contributed by atoms with van der Waals surface area (Å²) in [5.41, 5.74) is 2.66. The molecule has 1 fully saturated rings. The number of halogens is 1. The van der Waals surface area contributed by atoms with Crippen LogP contribution in [0.5, 0.6) is 0 Å². The van der Waals surface area contributed by atoms with Gasteiger partial charge in [-0.3, -0.25) is 9.69 Å². The standard InChI is InChI=1S/C24H29FN4O3/c1-3-9-29-14-19(23(30)22-18(24(29)31)8-10-27(22)2)28-11-6-15(7-12-28)21-17-5-4-16(25)13-20(17)32-26-21/h4-5,8,10,13,15,19,23,30H,3,6-7,9,11-12,14H2,1-2H3. The number of aromatic nitrogens is 2. The first-order chi connectivity index (χ1) is 15.5. The number of amides is 1. The lowest BCUT2D eigenvalue weighted by Crippen LogP contribution is -2.50. The fourth-order valence-corrected chi connectivity index (χ4v) is 5.36. The second-order valence-corrected chi connectivity index (χ2v) is 9.01. The predicted molar refractivity (Wildman–Crippen MR) is 118 cm³/mol. The summed E-state index contributed by atoms with van der Waals surface area (Å²) in [6.45, 7) is 4.83. The highest BCUT2D eigenvalue weighted by Gasteiger charge is 2.40. The number of carbonyl (C=O) groups excluding carboxylic acids is 1. The third kappa shape index (κ3) is 3.51. The van der Waals surface area contributed by atoms with Gasteiger partial charge in [0.1, 0.15) is 11.9 Å². The van der Waals surface area contributed by atoms with Gasteiger partial charge in [-0.2, -0.15) is 0 Å². The number of aryl methyl sites for hydroxylation is 1. The van der Waals surface area contributed by atoms with Crippen molar-refractivity contribution in [2.75, 3.05) is 26.2 Å². The van der Waals surface area contributed by atoms with Crippen LogP contribution >= 0.6 is 0 Å². The van der Waals surface area contributed by atoms with Gasteiger partial charge in [-0.15, -0.1) is 0 Å². The number of likely N-dealkylation sites (tertiary alicyclic amines) is 1. The summed E-state index contributed by atoms with van der Waals surface area (Å²) in [5.74, 6) is -0.108. The Morgan fingerprint density at radius 1 is 1.25 bits per heavy atom. The van der Waals surface area contributed by atoms with Crippen molar-refractivity contribution < 1.29 is 18.8 Å². The number of aliphatic hydroxyl groups is 1. The van der Waals surface area contributed by atoms with Crippen LogP contribution in [-0.4, -0.2) is 62.8 Å². The summed E-state index contributed by atoms with van der Waals surface area (Å²) in [6, 6.07) is 6.21. The minimum atomic E-state index is -0.733. The third-order valence-electron chi connectivity index (χ3n) is 7.03. The van der Waals surface area contributed by atoms with Gasteiger partial charge in [-0.25, -0.2) is 4.39 Å². The zero-order valence-corrected chi connectivity index (χ0v) is 18.5. The number of hydrogen-bond acceptors (Lipinski definition) is 5. The number of carbonyl (C=O) groups is 1. The molecule has 0 aliphatic carbocycles. The van der Waals surface area contributed by atoms with Gasteiger partial charge in [-0.05, 0) is 50.6 Å². The molecule has 1 amide bonds. The first-order valence-corrected chi connectivity index (χ1v) is 11.4. The van der Waals surface area contributed by atoms with Crippen LogP contribution in [0.25, 0.3) is 11.0 Å². The molecule has 5 rings (SSSR count). The first kappa shape index (κ1) is 21.2. The maximum absolute atomic E-state index is 13.5. The number of fused-ring (bicyclic) bond motifs is 2. The van der Waals surface area contributed by atoms with Crippen molar-refractivity contribution in [3.8, 4) is 0 Å². The topological polar surface area (TPSA) is 74.7 Å². The smallest absolute Gasteiger partial charge is 0.255 e. The number of nitrogens with zero attached hydrogens (tertiary/aromatic N) is 4. The van der Waals surface area contributed by atoms with Crippen LogP contribution in [0.15, 0.2) is 35.0 Å². The second-order valence-electron chi connectivity index (χ2n) is 9.01. The van der Waals surface area contributed by atoms with Crippen molar-refractivity contribution in [1.29, 1.82) is 0 Å². The summed E-state index contributed by atoms with van der Waals surface area (Å²) < 4.78 is 20.7. The highest BCUT2D eigenvalue weighted by atomic mass is 19.1. The van der Waals surface area contributed by atoms with Crippen molar-refractivity contribution in [2.24, 2.45) is 7.05 Å². The molecule has 170 valence electrons. The maximum atomic E-state index is 13.5. The number of piperidine rings is 1. The van der Waals surface area contributed by atoms with Crippen LogP contribution in [0, 0.1) is 5.82 Å². The zero-order valence-electron chi connectivity index (χ0n) is 18.5. The Labute approximate surface area is 186 Å². The lowest BCUT2D eigenvalue weighted by Gasteiger charge is -2.40. The molecule has 2 aromatic heterocycles. The van der Waals surface area contributed by atoms with Crippen LogP contribution in [0.1, 0.15) is 60.0 Å². The minimum Gasteiger partial charge on any atom is -0.385 e. The Bertz CT molecular complexity index is 1130. The molecule has 7 nitrogen and oxygen atoms in total. The van der Waals surface area contributed by atoms with Gasteiger partial charge in [0.05, 0.1) is 23.0 Å². The minimum absolute atomic E-state index is 0.000171. The first-order valence-electron chi connectivity index (χ1n) is 11.4. The second kappa shape index (κ2) is 8.33. The van der Waals surface area contributed by atoms with E-state index < -0.39 is 6.10 Å². The molecule has 1 saturated heterocycles. The summed E-state index contributed by atoms with van der Waals surface area (Å²) in [5, 5.41) is 16.5. The molecular weight excluding hydrogens is 411 g/mol. The molecule has 0 radical (unpaired) electrons. The molecule has 0 saturated carbocycles. The number of benzene rings is 1. The Hall–Kier alpha value is -2.71. The normalized spacial score (nSPS) is 23.0. The van der Waals surface area contributed by atoms with Crippen LogP contribution < -0.4 is 0 Å². The van der Waals surface area contributed by atoms with E-state index in [9.17, 15) is 14.3 Å². The molecule has 2 unspecified atom stereocenters. The average Bonchev–Trinajstić information content (AvgIpc) is 3.36. The summed E-state index contributed by atoms with van der Waals surface area (Å²) >= 11 is 0. The van der Waals surface area contributed by atoms with Gasteiger partial charge in [0, 0.05) is 43.7 Å². The monoisotopic (exact) mass is 440 g/mol. The van der Waals surface area contributed by atoms with Crippen LogP contribution in [-0.2, 0) is 7.05 Å². The third-order valence-corrected chi connectivity index (χ3v) is 7.03. The van der Waals surface area contributed by atoms with Gasteiger partial charge in [-0.1, -0.05) is 12.1 Å². The number of aliphatic hydroxyl groups excluding tert-OH is 1. The molecule has 4 heterocycles. The lowest BCUT2D eigenvalue weighted by atomic mass is 9.90. The maximum Gasteiger partial charge on any atom is 0.255 e. The molecule has 8 heteroatoms. The fourth-order valence-electron chi connectivity index (χ4n) is 5.36. The van der Waals surface area contributed by atoms with Gasteiger partial charge >= 0.3 is 0 Å². The van der Waals surface area contributed by atoms with Crippen LogP contribution in [0.2, 0.25) is 0 Å². The van der Waals surface area contributed by atoms with E-state index in [4.69, 9.17) is 4.52 Å². The highest BCUT2D eigenvalue weighted by molar-refractivity contribution is 5.96. The largest absolute Gasteiger partial charge is 0.385 e. The van der Waals surface area contributed by atoms with E-state index in [0.29, 0.717) is 29.9 Å². The summed E-state index contributed by atoms with van der Waals surface area (Å²) in [7, 11) is 1.88. The predicted octanol–water partition coefficient (Wildman–Crippen LogP) is 3.45. The van der Waals surface area contributed by atoms with E-state index in [1.807, 2.05) is 28.8 Å². The van der Waals surface area contributed by atoms with Crippen LogP contribution in [0.3, 0.4) is 0 Å². The van der Waals surface area contributed by atoms with Gasteiger partial charge in [0.25, 0.3) is 5.91 Å². The Balaban J connectivity index is 1.37. The Kier molecular flexibility index (Phi) is 5.51. The quantitative estimate of drug-likeness (QED) is 0.673.